The van der Waals surface area contributed by atoms with E-state index in [9.17, 15) is 4.79 Å². The molecule has 0 amide bonds. The molecule has 0 fully saturated rings. The molecule has 0 unspecified atom stereocenters. The number of aliphatic carboxylic acids is 1. The highest BCUT2D eigenvalue weighted by Gasteiger charge is 2.31. The Morgan fingerprint density at radius 3 is 2.21 bits per heavy atom. The van der Waals surface area contributed by atoms with E-state index < -0.39 is 5.97 Å². The van der Waals surface area contributed by atoms with Gasteiger partial charge in [-0.1, -0.05) is 39.5 Å². The lowest BCUT2D eigenvalue weighted by molar-refractivity contribution is -0.133. The Morgan fingerprint density at radius 1 is 1.21 bits per heavy atom. The fourth-order valence-electron chi connectivity index (χ4n) is 2.45. The number of aryl methyl sites for hydroxylation is 1. The lowest BCUT2D eigenvalue weighted by atomic mass is 9.89. The molecule has 19 heavy (non-hydrogen) atoms. The summed E-state index contributed by atoms with van der Waals surface area (Å²) in [5.41, 5.74) is -0.00429. The van der Waals surface area contributed by atoms with Crippen molar-refractivity contribution in [2.45, 2.75) is 64.1 Å². The van der Waals surface area contributed by atoms with Crippen molar-refractivity contribution in [3.8, 4) is 0 Å². The smallest absolute Gasteiger partial charge is 0.313 e. The van der Waals surface area contributed by atoms with Crippen LogP contribution in [0.15, 0.2) is 5.16 Å². The van der Waals surface area contributed by atoms with Gasteiger partial charge in [-0.25, -0.2) is 0 Å². The molecule has 0 aliphatic heterocycles. The van der Waals surface area contributed by atoms with E-state index in [2.05, 4.69) is 42.5 Å². The van der Waals surface area contributed by atoms with Crippen LogP contribution in [0.4, 0.5) is 0 Å². The molecular weight excluding hydrogens is 262 g/mol. The number of nitrogens with zero attached hydrogens (tertiary/aromatic N) is 3. The molecule has 108 valence electrons. The highest BCUT2D eigenvalue weighted by Crippen LogP contribution is 2.34. The van der Waals surface area contributed by atoms with Crippen molar-refractivity contribution in [2.75, 3.05) is 5.75 Å². The maximum absolute atomic E-state index is 10.7. The van der Waals surface area contributed by atoms with Gasteiger partial charge >= 0.3 is 5.97 Å². The van der Waals surface area contributed by atoms with E-state index in [1.54, 1.807) is 0 Å². The SMILES string of the molecule is CCc1nnc(SCC(=O)O)n1C(CC)(CC)CC. The quantitative estimate of drug-likeness (QED) is 0.744. The monoisotopic (exact) mass is 285 g/mol. The molecule has 0 spiro atoms. The van der Waals surface area contributed by atoms with Crippen molar-refractivity contribution in [2.24, 2.45) is 0 Å². The Kier molecular flexibility index (Phi) is 5.85. The van der Waals surface area contributed by atoms with Gasteiger partial charge in [-0.15, -0.1) is 10.2 Å². The number of carbonyl (C=O) groups is 1. The molecule has 0 saturated carbocycles. The minimum absolute atomic E-state index is 0.00429. The van der Waals surface area contributed by atoms with Gasteiger partial charge < -0.3 is 5.11 Å². The maximum Gasteiger partial charge on any atom is 0.313 e. The number of aromatic nitrogens is 3. The summed E-state index contributed by atoms with van der Waals surface area (Å²) in [6, 6.07) is 0. The summed E-state index contributed by atoms with van der Waals surface area (Å²) in [7, 11) is 0. The van der Waals surface area contributed by atoms with E-state index in [0.29, 0.717) is 0 Å². The highest BCUT2D eigenvalue weighted by molar-refractivity contribution is 7.99. The minimum Gasteiger partial charge on any atom is -0.481 e. The lowest BCUT2D eigenvalue weighted by Gasteiger charge is -2.34. The molecule has 1 aromatic heterocycles. The molecule has 0 aliphatic rings. The largest absolute Gasteiger partial charge is 0.481 e. The average molecular weight is 285 g/mol. The third-order valence-electron chi connectivity index (χ3n) is 3.79. The zero-order chi connectivity index (χ0) is 14.5. The second-order valence-corrected chi connectivity index (χ2v) is 5.50. The molecule has 1 heterocycles. The van der Waals surface area contributed by atoms with Crippen molar-refractivity contribution in [3.05, 3.63) is 5.82 Å². The van der Waals surface area contributed by atoms with Gasteiger partial charge in [0.1, 0.15) is 5.82 Å². The van der Waals surface area contributed by atoms with E-state index in [-0.39, 0.29) is 11.3 Å². The first-order valence-corrected chi connectivity index (χ1v) is 7.82. The van der Waals surface area contributed by atoms with Crippen LogP contribution in [0.3, 0.4) is 0 Å². The Balaban J connectivity index is 3.20. The van der Waals surface area contributed by atoms with E-state index in [0.717, 1.165) is 36.7 Å². The van der Waals surface area contributed by atoms with Crippen LogP contribution in [0.5, 0.6) is 0 Å². The molecular formula is C13H23N3O2S. The standard InChI is InChI=1S/C13H23N3O2S/c1-5-10-14-15-12(19-9-11(17)18)16(10)13(6-2,7-3)8-4/h5-9H2,1-4H3,(H,17,18). The summed E-state index contributed by atoms with van der Waals surface area (Å²) in [6.45, 7) is 8.55. The second kappa shape index (κ2) is 6.93. The molecule has 0 atom stereocenters. The molecule has 0 saturated heterocycles. The van der Waals surface area contributed by atoms with Crippen molar-refractivity contribution < 1.29 is 9.90 Å². The molecule has 1 N–H and O–H groups in total. The van der Waals surface area contributed by atoms with Crippen LogP contribution in [-0.2, 0) is 16.8 Å². The third kappa shape index (κ3) is 3.29. The Labute approximate surface area is 118 Å². The van der Waals surface area contributed by atoms with Crippen molar-refractivity contribution in [3.63, 3.8) is 0 Å². The number of thioether (sulfide) groups is 1. The summed E-state index contributed by atoms with van der Waals surface area (Å²) in [6.07, 6.45) is 3.78. The number of hydrogen-bond acceptors (Lipinski definition) is 4. The molecule has 0 bridgehead atoms. The van der Waals surface area contributed by atoms with E-state index in [1.807, 2.05) is 0 Å². The third-order valence-corrected chi connectivity index (χ3v) is 4.70. The predicted molar refractivity (Wildman–Crippen MR) is 76.6 cm³/mol. The van der Waals surface area contributed by atoms with E-state index in [1.165, 1.54) is 11.8 Å². The van der Waals surface area contributed by atoms with Gasteiger partial charge in [-0.3, -0.25) is 9.36 Å². The summed E-state index contributed by atoms with van der Waals surface area (Å²) in [4.78, 5) is 10.7. The van der Waals surface area contributed by atoms with Crippen LogP contribution in [0, 0.1) is 0 Å². The van der Waals surface area contributed by atoms with Crippen molar-refractivity contribution in [1.82, 2.24) is 14.8 Å². The van der Waals surface area contributed by atoms with E-state index in [4.69, 9.17) is 5.11 Å². The molecule has 0 aromatic carbocycles. The van der Waals surface area contributed by atoms with Crippen molar-refractivity contribution >= 4 is 17.7 Å². The number of hydrogen-bond donors (Lipinski definition) is 1. The molecule has 5 nitrogen and oxygen atoms in total. The first kappa shape index (κ1) is 16.0. The molecule has 1 aromatic rings. The summed E-state index contributed by atoms with van der Waals surface area (Å²) >= 11 is 1.25. The first-order valence-electron chi connectivity index (χ1n) is 6.83. The maximum atomic E-state index is 10.7. The zero-order valence-electron chi connectivity index (χ0n) is 12.1. The number of carboxylic acids is 1. The van der Waals surface area contributed by atoms with Gasteiger partial charge in [-0.2, -0.15) is 0 Å². The van der Waals surface area contributed by atoms with Crippen LogP contribution in [0.1, 0.15) is 52.8 Å². The Morgan fingerprint density at radius 2 is 1.79 bits per heavy atom. The van der Waals surface area contributed by atoms with Gasteiger partial charge in [0.2, 0.25) is 0 Å². The molecule has 1 rings (SSSR count). The van der Waals surface area contributed by atoms with Crippen LogP contribution < -0.4 is 0 Å². The Hall–Kier alpha value is -1.04. The summed E-state index contributed by atoms with van der Waals surface area (Å²) in [5, 5.41) is 18.0. The molecule has 0 radical (unpaired) electrons. The van der Waals surface area contributed by atoms with Gasteiger partial charge in [0, 0.05) is 12.0 Å². The highest BCUT2D eigenvalue weighted by atomic mass is 32.2. The zero-order valence-corrected chi connectivity index (χ0v) is 13.0. The van der Waals surface area contributed by atoms with Gasteiger partial charge in [0.15, 0.2) is 5.16 Å². The topological polar surface area (TPSA) is 68.0 Å². The van der Waals surface area contributed by atoms with Crippen molar-refractivity contribution in [1.29, 1.82) is 0 Å². The predicted octanol–water partition coefficient (Wildman–Crippen LogP) is 2.94. The average Bonchev–Trinajstić information content (AvgIpc) is 2.83. The summed E-state index contributed by atoms with van der Waals surface area (Å²) < 4.78 is 2.17. The molecule has 6 heteroatoms. The van der Waals surface area contributed by atoms with Crippen LogP contribution >= 0.6 is 11.8 Å². The van der Waals surface area contributed by atoms with Gasteiger partial charge in [-0.05, 0) is 19.3 Å². The van der Waals surface area contributed by atoms with Crippen LogP contribution in [0.25, 0.3) is 0 Å². The second-order valence-electron chi connectivity index (χ2n) is 4.56. The van der Waals surface area contributed by atoms with Gasteiger partial charge in [0.25, 0.3) is 0 Å². The molecule has 0 aliphatic carbocycles. The van der Waals surface area contributed by atoms with Crippen LogP contribution in [0.2, 0.25) is 0 Å². The van der Waals surface area contributed by atoms with Crippen LogP contribution in [-0.4, -0.2) is 31.6 Å². The van der Waals surface area contributed by atoms with E-state index >= 15 is 0 Å². The Bertz CT molecular complexity index is 419. The number of carboxylic acid groups (broad SMARTS) is 1. The normalized spacial score (nSPS) is 11.8. The number of rotatable bonds is 8. The fourth-order valence-corrected chi connectivity index (χ4v) is 3.23. The summed E-state index contributed by atoms with van der Waals surface area (Å²) in [5.74, 6) is 0.140. The first-order chi connectivity index (χ1) is 9.04. The minimum atomic E-state index is -0.826. The van der Waals surface area contributed by atoms with Gasteiger partial charge in [0.05, 0.1) is 5.75 Å². The fraction of sp³-hybridized carbons (Fsp3) is 0.769. The lowest BCUT2D eigenvalue weighted by Crippen LogP contribution is -2.33.